The third-order valence-electron chi connectivity index (χ3n) is 5.91. The summed E-state index contributed by atoms with van der Waals surface area (Å²) in [6.07, 6.45) is 4.49. The summed E-state index contributed by atoms with van der Waals surface area (Å²) in [7, 11) is 0. The van der Waals surface area contributed by atoms with Gasteiger partial charge in [0.1, 0.15) is 5.82 Å². The van der Waals surface area contributed by atoms with Crippen LogP contribution < -0.4 is 10.2 Å². The Hall–Kier alpha value is -2.02. The van der Waals surface area contributed by atoms with Gasteiger partial charge < -0.3 is 15.3 Å². The van der Waals surface area contributed by atoms with Crippen LogP contribution in [-0.4, -0.2) is 59.4 Å². The molecule has 0 aliphatic carbocycles. The molecule has 1 aromatic heterocycles. The maximum Gasteiger partial charge on any atom is 0.123 e. The Morgan fingerprint density at radius 2 is 1.82 bits per heavy atom. The molecule has 2 aliphatic rings. The van der Waals surface area contributed by atoms with E-state index in [0.717, 1.165) is 56.8 Å². The van der Waals surface area contributed by atoms with E-state index in [1.54, 1.807) is 0 Å². The molecule has 5 nitrogen and oxygen atoms in total. The quantitative estimate of drug-likeness (QED) is 0.829. The van der Waals surface area contributed by atoms with Crippen LogP contribution in [0.1, 0.15) is 25.0 Å². The van der Waals surface area contributed by atoms with Crippen LogP contribution in [0.25, 0.3) is 0 Å². The first-order valence-corrected chi connectivity index (χ1v) is 10.2. The third kappa shape index (κ3) is 4.87. The van der Waals surface area contributed by atoms with E-state index in [2.05, 4.69) is 20.1 Å². The van der Waals surface area contributed by atoms with Gasteiger partial charge in [0.2, 0.25) is 0 Å². The standard InChI is InChI=1S/C22H29FN4O/c23-17-4-6-20(7-5-17)27-13-8-18(9-14-27)25-21-10-12-26(16-22(21)28)15-19-3-1-2-11-24-19/h1-7,11,18,21-22,25,28H,8-10,12-16H2/t21-,22-/m1/s1. The molecule has 2 fully saturated rings. The van der Waals surface area contributed by atoms with Crippen LogP contribution in [0, 0.1) is 5.82 Å². The zero-order valence-corrected chi connectivity index (χ0v) is 16.2. The number of aliphatic hydroxyl groups excluding tert-OH is 1. The number of likely N-dealkylation sites (tertiary alicyclic amines) is 1. The second kappa shape index (κ2) is 8.99. The van der Waals surface area contributed by atoms with Gasteiger partial charge in [-0.1, -0.05) is 6.07 Å². The predicted octanol–water partition coefficient (Wildman–Crippen LogP) is 2.41. The van der Waals surface area contributed by atoms with Gasteiger partial charge in [0, 0.05) is 56.7 Å². The van der Waals surface area contributed by atoms with Crippen molar-refractivity contribution < 1.29 is 9.50 Å². The van der Waals surface area contributed by atoms with Crippen LogP contribution in [0.4, 0.5) is 10.1 Å². The number of nitrogens with one attached hydrogen (secondary N) is 1. The number of β-amino-alcohol motifs (C(OH)–C–C–N with tert-alkyl or cyclic N) is 1. The van der Waals surface area contributed by atoms with Gasteiger partial charge in [-0.05, 0) is 55.7 Å². The second-order valence-corrected chi connectivity index (χ2v) is 7.92. The molecular weight excluding hydrogens is 355 g/mol. The zero-order valence-electron chi connectivity index (χ0n) is 16.2. The molecule has 0 spiro atoms. The van der Waals surface area contributed by atoms with E-state index in [1.807, 2.05) is 36.5 Å². The van der Waals surface area contributed by atoms with Gasteiger partial charge in [0.05, 0.1) is 11.8 Å². The first-order valence-electron chi connectivity index (χ1n) is 10.2. The molecule has 28 heavy (non-hydrogen) atoms. The molecule has 1 aromatic carbocycles. The van der Waals surface area contributed by atoms with Crippen LogP contribution in [-0.2, 0) is 6.54 Å². The fourth-order valence-electron chi connectivity index (χ4n) is 4.31. The van der Waals surface area contributed by atoms with Crippen molar-refractivity contribution in [3.8, 4) is 0 Å². The summed E-state index contributed by atoms with van der Waals surface area (Å²) in [6.45, 7) is 4.36. The van der Waals surface area contributed by atoms with Crippen molar-refractivity contribution in [3.63, 3.8) is 0 Å². The summed E-state index contributed by atoms with van der Waals surface area (Å²) in [6, 6.07) is 13.3. The number of nitrogens with zero attached hydrogens (tertiary/aromatic N) is 3. The largest absolute Gasteiger partial charge is 0.390 e. The Bertz CT molecular complexity index is 734. The van der Waals surface area contributed by atoms with Crippen molar-refractivity contribution in [2.24, 2.45) is 0 Å². The highest BCUT2D eigenvalue weighted by Gasteiger charge is 2.30. The fourth-order valence-corrected chi connectivity index (χ4v) is 4.31. The lowest BCUT2D eigenvalue weighted by Crippen LogP contribution is -2.56. The lowest BCUT2D eigenvalue weighted by Gasteiger charge is -2.40. The summed E-state index contributed by atoms with van der Waals surface area (Å²) in [4.78, 5) is 8.97. The van der Waals surface area contributed by atoms with Gasteiger partial charge in [-0.25, -0.2) is 4.39 Å². The Balaban J connectivity index is 1.23. The summed E-state index contributed by atoms with van der Waals surface area (Å²) in [5.74, 6) is -0.191. The van der Waals surface area contributed by atoms with E-state index in [0.29, 0.717) is 12.6 Å². The van der Waals surface area contributed by atoms with E-state index in [4.69, 9.17) is 0 Å². The summed E-state index contributed by atoms with van der Waals surface area (Å²) in [5.41, 5.74) is 2.14. The Kier molecular flexibility index (Phi) is 6.20. The number of rotatable bonds is 5. The fraction of sp³-hybridized carbons (Fsp3) is 0.500. The van der Waals surface area contributed by atoms with Crippen molar-refractivity contribution in [1.82, 2.24) is 15.2 Å². The predicted molar refractivity (Wildman–Crippen MR) is 109 cm³/mol. The molecule has 0 amide bonds. The molecule has 4 rings (SSSR count). The molecule has 2 saturated heterocycles. The smallest absolute Gasteiger partial charge is 0.123 e. The molecule has 2 atom stereocenters. The molecule has 0 unspecified atom stereocenters. The number of aromatic nitrogens is 1. The number of aliphatic hydroxyl groups is 1. The van der Waals surface area contributed by atoms with Crippen LogP contribution in [0.3, 0.4) is 0 Å². The van der Waals surface area contributed by atoms with Gasteiger partial charge in [-0.2, -0.15) is 0 Å². The van der Waals surface area contributed by atoms with E-state index in [-0.39, 0.29) is 18.0 Å². The molecule has 2 N–H and O–H groups in total. The van der Waals surface area contributed by atoms with Crippen LogP contribution in [0.5, 0.6) is 0 Å². The maximum atomic E-state index is 13.1. The first kappa shape index (κ1) is 19.3. The maximum absolute atomic E-state index is 13.1. The Labute approximate surface area is 166 Å². The summed E-state index contributed by atoms with van der Waals surface area (Å²) >= 11 is 0. The van der Waals surface area contributed by atoms with Crippen molar-refractivity contribution in [2.75, 3.05) is 31.1 Å². The van der Waals surface area contributed by atoms with E-state index < -0.39 is 0 Å². The molecule has 2 aliphatic heterocycles. The number of piperidine rings is 2. The van der Waals surface area contributed by atoms with Crippen LogP contribution in [0.15, 0.2) is 48.7 Å². The topological polar surface area (TPSA) is 51.6 Å². The van der Waals surface area contributed by atoms with Crippen LogP contribution >= 0.6 is 0 Å². The molecule has 6 heteroatoms. The average Bonchev–Trinajstić information content (AvgIpc) is 2.72. The SMILES string of the molecule is O[C@@H]1CN(Cc2ccccn2)CC[C@H]1NC1CCN(c2ccc(F)cc2)CC1. The van der Waals surface area contributed by atoms with Crippen molar-refractivity contribution in [3.05, 3.63) is 60.2 Å². The lowest BCUT2D eigenvalue weighted by molar-refractivity contribution is 0.0313. The first-order chi connectivity index (χ1) is 13.7. The number of benzene rings is 1. The highest BCUT2D eigenvalue weighted by Crippen LogP contribution is 2.22. The summed E-state index contributed by atoms with van der Waals surface area (Å²) in [5, 5.41) is 14.3. The molecule has 0 bridgehead atoms. The average molecular weight is 384 g/mol. The molecule has 2 aromatic rings. The van der Waals surface area contributed by atoms with Crippen molar-refractivity contribution >= 4 is 5.69 Å². The normalized spacial score (nSPS) is 24.4. The van der Waals surface area contributed by atoms with Gasteiger partial charge in [-0.15, -0.1) is 0 Å². The van der Waals surface area contributed by atoms with Crippen molar-refractivity contribution in [2.45, 2.75) is 44.0 Å². The minimum absolute atomic E-state index is 0.155. The second-order valence-electron chi connectivity index (χ2n) is 7.92. The Morgan fingerprint density at radius 1 is 1.04 bits per heavy atom. The monoisotopic (exact) mass is 384 g/mol. The van der Waals surface area contributed by atoms with Gasteiger partial charge in [-0.3, -0.25) is 9.88 Å². The Morgan fingerprint density at radius 3 is 2.50 bits per heavy atom. The van der Waals surface area contributed by atoms with Gasteiger partial charge in [0.25, 0.3) is 0 Å². The number of halogens is 1. The molecular formula is C22H29FN4O. The number of anilines is 1. The minimum atomic E-state index is -0.354. The van der Waals surface area contributed by atoms with E-state index in [1.165, 1.54) is 12.1 Å². The highest BCUT2D eigenvalue weighted by atomic mass is 19.1. The van der Waals surface area contributed by atoms with Crippen molar-refractivity contribution in [1.29, 1.82) is 0 Å². The number of pyridine rings is 1. The lowest BCUT2D eigenvalue weighted by atomic mass is 9.97. The van der Waals surface area contributed by atoms with E-state index >= 15 is 0 Å². The van der Waals surface area contributed by atoms with E-state index in [9.17, 15) is 9.50 Å². The minimum Gasteiger partial charge on any atom is -0.390 e. The van der Waals surface area contributed by atoms with Gasteiger partial charge in [0.15, 0.2) is 0 Å². The molecule has 150 valence electrons. The summed E-state index contributed by atoms with van der Waals surface area (Å²) < 4.78 is 13.1. The molecule has 0 saturated carbocycles. The third-order valence-corrected chi connectivity index (χ3v) is 5.91. The van der Waals surface area contributed by atoms with Crippen LogP contribution in [0.2, 0.25) is 0 Å². The highest BCUT2D eigenvalue weighted by molar-refractivity contribution is 5.46. The number of hydrogen-bond donors (Lipinski definition) is 2. The number of hydrogen-bond acceptors (Lipinski definition) is 5. The molecule has 3 heterocycles. The zero-order chi connectivity index (χ0) is 19.3. The van der Waals surface area contributed by atoms with Gasteiger partial charge >= 0.3 is 0 Å². The molecule has 0 radical (unpaired) electrons.